The van der Waals surface area contributed by atoms with Gasteiger partial charge in [-0.05, 0) is 17.7 Å². The van der Waals surface area contributed by atoms with Gasteiger partial charge in [0, 0.05) is 7.05 Å². The van der Waals surface area contributed by atoms with Crippen LogP contribution in [0.5, 0.6) is 0 Å². The first-order chi connectivity index (χ1) is 9.91. The van der Waals surface area contributed by atoms with E-state index in [-0.39, 0.29) is 26.0 Å². The highest BCUT2D eigenvalue weighted by molar-refractivity contribution is 5.82. The molecule has 0 spiro atoms. The van der Waals surface area contributed by atoms with Crippen molar-refractivity contribution >= 4 is 5.84 Å². The Morgan fingerprint density at radius 1 is 1.38 bits per heavy atom. The number of halogens is 3. The predicted molar refractivity (Wildman–Crippen MR) is 70.4 cm³/mol. The van der Waals surface area contributed by atoms with E-state index >= 15 is 0 Å². The molecule has 1 unspecified atom stereocenters. The van der Waals surface area contributed by atoms with Crippen LogP contribution in [-0.2, 0) is 10.9 Å². The molecule has 0 fully saturated rings. The van der Waals surface area contributed by atoms with Crippen molar-refractivity contribution in [3.8, 4) is 0 Å². The molecule has 1 heterocycles. The number of ether oxygens (including phenoxy) is 1. The summed E-state index contributed by atoms with van der Waals surface area (Å²) in [5, 5.41) is 13.2. The van der Waals surface area contributed by atoms with E-state index in [1.165, 1.54) is 12.1 Å². The fourth-order valence-corrected chi connectivity index (χ4v) is 1.89. The molecule has 1 aromatic carbocycles. The van der Waals surface area contributed by atoms with Gasteiger partial charge in [0.25, 0.3) is 0 Å². The van der Waals surface area contributed by atoms with E-state index in [0.29, 0.717) is 11.4 Å². The summed E-state index contributed by atoms with van der Waals surface area (Å²) >= 11 is 0. The number of aliphatic hydroxyl groups excluding tert-OH is 1. The number of nitrogens with one attached hydrogen (secondary N) is 1. The van der Waals surface area contributed by atoms with E-state index < -0.39 is 11.7 Å². The zero-order valence-electron chi connectivity index (χ0n) is 11.4. The molecule has 0 radical (unpaired) electrons. The molecule has 1 atom stereocenters. The summed E-state index contributed by atoms with van der Waals surface area (Å²) in [6, 6.07) is 4.46. The predicted octanol–water partition coefficient (Wildman–Crippen LogP) is 1.56. The number of alkyl halides is 3. The summed E-state index contributed by atoms with van der Waals surface area (Å²) in [6.45, 7) is 0.253. The Labute approximate surface area is 120 Å². The molecular weight excluding hydrogens is 287 g/mol. The molecule has 0 aliphatic carbocycles. The number of rotatable bonds is 2. The molecule has 0 amide bonds. The van der Waals surface area contributed by atoms with Gasteiger partial charge in [0.05, 0.1) is 18.2 Å². The Morgan fingerprint density at radius 3 is 2.62 bits per heavy atom. The van der Waals surface area contributed by atoms with Crippen molar-refractivity contribution in [2.75, 3.05) is 27.0 Å². The van der Waals surface area contributed by atoms with Crippen LogP contribution in [0.15, 0.2) is 29.4 Å². The highest BCUT2D eigenvalue weighted by Crippen LogP contribution is 2.30. The molecule has 1 aliphatic heterocycles. The van der Waals surface area contributed by atoms with Gasteiger partial charge in [0.2, 0.25) is 0 Å². The van der Waals surface area contributed by atoms with Gasteiger partial charge in [0.1, 0.15) is 13.3 Å². The van der Waals surface area contributed by atoms with Crippen LogP contribution >= 0.6 is 0 Å². The first kappa shape index (κ1) is 15.6. The number of amidine groups is 1. The number of aliphatic hydroxyl groups is 1. The highest BCUT2D eigenvalue weighted by Gasteiger charge is 2.30. The lowest BCUT2D eigenvalue weighted by atomic mass is 10.1. The summed E-state index contributed by atoms with van der Waals surface area (Å²) in [5.41, 5.74) is 2.74. The number of hydrogen-bond acceptors (Lipinski definition) is 5. The molecule has 0 saturated heterocycles. The number of hydrazone groups is 1. The fraction of sp³-hybridized carbons (Fsp3) is 0.462. The quantitative estimate of drug-likeness (QED) is 0.870. The van der Waals surface area contributed by atoms with Gasteiger partial charge < -0.3 is 14.7 Å². The van der Waals surface area contributed by atoms with Crippen LogP contribution < -0.4 is 5.43 Å². The topological polar surface area (TPSA) is 57.1 Å². The van der Waals surface area contributed by atoms with Gasteiger partial charge >= 0.3 is 6.18 Å². The maximum absolute atomic E-state index is 12.5. The lowest BCUT2D eigenvalue weighted by Crippen LogP contribution is -2.38. The Balaban J connectivity index is 2.15. The van der Waals surface area contributed by atoms with Gasteiger partial charge in [-0.3, -0.25) is 5.43 Å². The van der Waals surface area contributed by atoms with Crippen LogP contribution in [0.3, 0.4) is 0 Å². The van der Waals surface area contributed by atoms with Crippen LogP contribution in [-0.4, -0.2) is 42.8 Å². The average molecular weight is 303 g/mol. The lowest BCUT2D eigenvalue weighted by Gasteiger charge is -2.26. The molecule has 116 valence electrons. The van der Waals surface area contributed by atoms with Gasteiger partial charge in [0.15, 0.2) is 5.84 Å². The zero-order valence-corrected chi connectivity index (χ0v) is 11.4. The summed E-state index contributed by atoms with van der Waals surface area (Å²) in [6.07, 6.45) is -4.35. The van der Waals surface area contributed by atoms with Gasteiger partial charge in [-0.1, -0.05) is 12.1 Å². The molecular formula is C13H16F3N3O2. The van der Waals surface area contributed by atoms with Crippen LogP contribution in [0.25, 0.3) is 0 Å². The third-order valence-electron chi connectivity index (χ3n) is 3.14. The molecule has 1 aliphatic rings. The van der Waals surface area contributed by atoms with Crippen molar-refractivity contribution in [3.63, 3.8) is 0 Å². The Hall–Kier alpha value is -1.80. The van der Waals surface area contributed by atoms with Crippen LogP contribution in [0, 0.1) is 0 Å². The molecule has 1 aromatic rings. The monoisotopic (exact) mass is 303 g/mol. The van der Waals surface area contributed by atoms with Gasteiger partial charge in [-0.2, -0.15) is 18.3 Å². The molecule has 0 bridgehead atoms. The molecule has 5 nitrogen and oxygen atoms in total. The smallest absolute Gasteiger partial charge is 0.388 e. The van der Waals surface area contributed by atoms with E-state index in [4.69, 9.17) is 9.84 Å². The van der Waals surface area contributed by atoms with Crippen molar-refractivity contribution in [2.45, 2.75) is 12.2 Å². The van der Waals surface area contributed by atoms with Crippen molar-refractivity contribution in [3.05, 3.63) is 35.4 Å². The Bertz CT molecular complexity index is 502. The maximum Gasteiger partial charge on any atom is 0.416 e. The normalized spacial score (nSPS) is 20.3. The lowest BCUT2D eigenvalue weighted by molar-refractivity contribution is -0.137. The summed E-state index contributed by atoms with van der Waals surface area (Å²) in [7, 11) is 1.72. The van der Waals surface area contributed by atoms with Crippen LogP contribution in [0.1, 0.15) is 17.2 Å². The molecule has 21 heavy (non-hydrogen) atoms. The minimum absolute atomic E-state index is 0.248. The maximum atomic E-state index is 12.5. The molecule has 0 aromatic heterocycles. The third kappa shape index (κ3) is 3.85. The molecule has 2 N–H and O–H groups in total. The van der Waals surface area contributed by atoms with Gasteiger partial charge in [-0.25, -0.2) is 0 Å². The van der Waals surface area contributed by atoms with Crippen molar-refractivity contribution in [2.24, 2.45) is 5.10 Å². The minimum Gasteiger partial charge on any atom is -0.388 e. The van der Waals surface area contributed by atoms with E-state index in [9.17, 15) is 13.2 Å². The third-order valence-corrected chi connectivity index (χ3v) is 3.14. The fourth-order valence-electron chi connectivity index (χ4n) is 1.89. The van der Waals surface area contributed by atoms with Crippen LogP contribution in [0.2, 0.25) is 0 Å². The summed E-state index contributed by atoms with van der Waals surface area (Å²) in [4.78, 5) is 1.63. The van der Waals surface area contributed by atoms with Crippen molar-refractivity contribution in [1.82, 2.24) is 10.3 Å². The second-order valence-electron chi connectivity index (χ2n) is 4.69. The van der Waals surface area contributed by atoms with Gasteiger partial charge in [-0.15, -0.1) is 0 Å². The standard InChI is InChI=1S/C13H16F3N3O2/c1-19-8-21-7-11(17-18-12(19)6-20)9-2-4-10(5-3-9)13(14,15)16/h2-5,11,17,20H,6-8H2,1H3. The average Bonchev–Trinajstić information content (AvgIpc) is 2.42. The Morgan fingerprint density at radius 2 is 2.05 bits per heavy atom. The number of likely N-dealkylation sites (N-methyl/N-ethyl adjacent to an activating group) is 1. The molecule has 0 saturated carbocycles. The van der Waals surface area contributed by atoms with E-state index in [0.717, 1.165) is 12.1 Å². The number of benzene rings is 1. The zero-order chi connectivity index (χ0) is 15.5. The second-order valence-corrected chi connectivity index (χ2v) is 4.69. The molecule has 8 heteroatoms. The first-order valence-electron chi connectivity index (χ1n) is 6.31. The summed E-state index contributed by atoms with van der Waals surface area (Å²) in [5.74, 6) is 0.395. The SMILES string of the molecule is CN1COCC(c2ccc(C(F)(F)F)cc2)NN=C1CO. The largest absolute Gasteiger partial charge is 0.416 e. The Kier molecular flexibility index (Phi) is 4.69. The van der Waals surface area contributed by atoms with E-state index in [1.54, 1.807) is 11.9 Å². The number of hydrogen-bond donors (Lipinski definition) is 2. The highest BCUT2D eigenvalue weighted by atomic mass is 19.4. The number of nitrogens with zero attached hydrogens (tertiary/aromatic N) is 2. The van der Waals surface area contributed by atoms with Crippen molar-refractivity contribution in [1.29, 1.82) is 0 Å². The molecule has 2 rings (SSSR count). The van der Waals surface area contributed by atoms with Crippen molar-refractivity contribution < 1.29 is 23.0 Å². The second kappa shape index (κ2) is 6.31. The first-order valence-corrected chi connectivity index (χ1v) is 6.31. The van der Waals surface area contributed by atoms with E-state index in [1.807, 2.05) is 0 Å². The minimum atomic E-state index is -4.35. The van der Waals surface area contributed by atoms with E-state index in [2.05, 4.69) is 10.5 Å². The van der Waals surface area contributed by atoms with Crippen LogP contribution in [0.4, 0.5) is 13.2 Å². The summed E-state index contributed by atoms with van der Waals surface area (Å²) < 4.78 is 43.0.